The topological polar surface area (TPSA) is 83.3 Å². The van der Waals surface area contributed by atoms with Gasteiger partial charge in [-0.2, -0.15) is 5.10 Å². The van der Waals surface area contributed by atoms with Gasteiger partial charge in [-0.1, -0.05) is 31.0 Å². The number of hydrogen-bond donors (Lipinski definition) is 2. The number of anilines is 1. The van der Waals surface area contributed by atoms with Crippen molar-refractivity contribution in [2.45, 2.75) is 59.9 Å². The second-order valence-corrected chi connectivity index (χ2v) is 11.9. The molecule has 2 N–H and O–H groups in total. The van der Waals surface area contributed by atoms with E-state index in [0.717, 1.165) is 60.0 Å². The number of rotatable bonds is 11. The van der Waals surface area contributed by atoms with Gasteiger partial charge in [0.25, 0.3) is 0 Å². The third-order valence-corrected chi connectivity index (χ3v) is 7.35. The molecule has 1 saturated heterocycles. The van der Waals surface area contributed by atoms with Crippen LogP contribution in [0.2, 0.25) is 0 Å². The molecule has 3 aromatic rings. The van der Waals surface area contributed by atoms with Crippen molar-refractivity contribution in [1.29, 1.82) is 0 Å². The van der Waals surface area contributed by atoms with Gasteiger partial charge in [-0.3, -0.25) is 9.67 Å². The second-order valence-electron chi connectivity index (χ2n) is 11.9. The van der Waals surface area contributed by atoms with Gasteiger partial charge in [0, 0.05) is 31.2 Å². The summed E-state index contributed by atoms with van der Waals surface area (Å²) < 4.78 is 2.09. The third-order valence-electron chi connectivity index (χ3n) is 7.35. The van der Waals surface area contributed by atoms with Crippen molar-refractivity contribution in [3.63, 3.8) is 0 Å². The normalized spacial score (nSPS) is 15.7. The fraction of sp³-hybridized carbons (Fsp3) is 0.333. The largest absolute Gasteiger partial charge is 0.363 e. The zero-order valence-corrected chi connectivity index (χ0v) is 26.9. The van der Waals surface area contributed by atoms with Crippen LogP contribution in [0.25, 0.3) is 11.8 Å². The summed E-state index contributed by atoms with van der Waals surface area (Å²) in [6.45, 7) is 22.2. The lowest BCUT2D eigenvalue weighted by Crippen LogP contribution is -2.28. The Bertz CT molecular complexity index is 1640. The van der Waals surface area contributed by atoms with Crippen LogP contribution in [-0.2, 0) is 5.54 Å². The lowest BCUT2D eigenvalue weighted by Gasteiger charge is -2.26. The maximum absolute atomic E-state index is 4.77. The first-order valence-corrected chi connectivity index (χ1v) is 15.0. The average molecular weight is 589 g/mol. The molecule has 0 saturated carbocycles. The van der Waals surface area contributed by atoms with E-state index in [4.69, 9.17) is 15.1 Å². The summed E-state index contributed by atoms with van der Waals surface area (Å²) in [7, 11) is 0. The van der Waals surface area contributed by atoms with Crippen molar-refractivity contribution in [2.24, 2.45) is 10.9 Å². The average Bonchev–Trinajstić information content (AvgIpc) is 3.64. The van der Waals surface area contributed by atoms with Gasteiger partial charge in [0.05, 0.1) is 22.6 Å². The van der Waals surface area contributed by atoms with Gasteiger partial charge in [0.15, 0.2) is 5.82 Å². The highest BCUT2D eigenvalue weighted by molar-refractivity contribution is 5.99. The second kappa shape index (κ2) is 14.5. The number of aromatic nitrogens is 4. The summed E-state index contributed by atoms with van der Waals surface area (Å²) in [5.74, 6) is 2.47. The first-order chi connectivity index (χ1) is 21.1. The molecule has 4 heterocycles. The molecule has 1 fully saturated rings. The van der Waals surface area contributed by atoms with E-state index < -0.39 is 0 Å². The molecule has 44 heavy (non-hydrogen) atoms. The molecular weight excluding hydrogens is 544 g/mol. The van der Waals surface area contributed by atoms with Gasteiger partial charge in [-0.25, -0.2) is 9.98 Å². The fourth-order valence-electron chi connectivity index (χ4n) is 5.15. The number of likely N-dealkylation sites (tertiary alicyclic amines) is 1. The number of allylic oxidation sites excluding steroid dienone is 2. The minimum absolute atomic E-state index is 0.120. The van der Waals surface area contributed by atoms with Crippen LogP contribution in [0, 0.1) is 12.8 Å². The number of nitrogens with one attached hydrogen (secondary N) is 2. The fourth-order valence-corrected chi connectivity index (χ4v) is 5.15. The minimum Gasteiger partial charge on any atom is -0.363 e. The molecule has 3 aromatic heterocycles. The first-order valence-electron chi connectivity index (χ1n) is 15.0. The van der Waals surface area contributed by atoms with E-state index in [1.54, 1.807) is 12.4 Å². The first kappa shape index (κ1) is 32.0. The molecule has 1 atom stereocenters. The molecule has 0 spiro atoms. The van der Waals surface area contributed by atoms with E-state index in [1.807, 2.05) is 57.2 Å². The highest BCUT2D eigenvalue weighted by Gasteiger charge is 2.28. The maximum Gasteiger partial charge on any atom is 0.154 e. The van der Waals surface area contributed by atoms with Gasteiger partial charge < -0.3 is 15.5 Å². The van der Waals surface area contributed by atoms with Crippen LogP contribution in [0.5, 0.6) is 0 Å². The third kappa shape index (κ3) is 8.35. The molecule has 1 aliphatic rings. The zero-order valence-electron chi connectivity index (χ0n) is 26.9. The van der Waals surface area contributed by atoms with Crippen molar-refractivity contribution in [2.75, 3.05) is 18.4 Å². The Morgan fingerprint density at radius 2 is 1.93 bits per heavy atom. The smallest absolute Gasteiger partial charge is 0.154 e. The molecule has 0 bridgehead atoms. The highest BCUT2D eigenvalue weighted by Crippen LogP contribution is 2.31. The molecule has 8 heteroatoms. The van der Waals surface area contributed by atoms with E-state index in [0.29, 0.717) is 23.4 Å². The van der Waals surface area contributed by atoms with Gasteiger partial charge in [-0.15, -0.1) is 5.73 Å². The predicted molar refractivity (Wildman–Crippen MR) is 182 cm³/mol. The van der Waals surface area contributed by atoms with Crippen molar-refractivity contribution in [3.8, 4) is 0 Å². The van der Waals surface area contributed by atoms with Crippen molar-refractivity contribution in [1.82, 2.24) is 30.0 Å². The molecule has 1 aliphatic heterocycles. The van der Waals surface area contributed by atoms with Crippen LogP contribution in [0.4, 0.5) is 5.82 Å². The van der Waals surface area contributed by atoms with Crippen molar-refractivity contribution in [3.05, 3.63) is 120 Å². The summed E-state index contributed by atoms with van der Waals surface area (Å²) in [4.78, 5) is 15.9. The van der Waals surface area contributed by atoms with E-state index >= 15 is 0 Å². The van der Waals surface area contributed by atoms with E-state index in [-0.39, 0.29) is 5.54 Å². The quantitative estimate of drug-likeness (QED) is 0.181. The van der Waals surface area contributed by atoms with Crippen molar-refractivity contribution < 1.29 is 0 Å². The Labute approximate surface area is 262 Å². The minimum atomic E-state index is -0.120. The van der Waals surface area contributed by atoms with E-state index in [1.165, 1.54) is 0 Å². The SMILES string of the molecule is C=C=C(N/C(=C/C)N=C(C)c1ccncc1)Nc1cccc(/C=C/CC2CCN(C(=C=C)c3cc(C)nn3C(C)(C)C)C2)n1. The van der Waals surface area contributed by atoms with Crippen molar-refractivity contribution >= 4 is 23.3 Å². The van der Waals surface area contributed by atoms with Crippen LogP contribution in [0.15, 0.2) is 102 Å². The van der Waals surface area contributed by atoms with Gasteiger partial charge >= 0.3 is 0 Å². The number of aryl methyl sites for hydroxylation is 1. The lowest BCUT2D eigenvalue weighted by atomic mass is 10.0. The van der Waals surface area contributed by atoms with E-state index in [2.05, 4.69) is 88.8 Å². The van der Waals surface area contributed by atoms with Gasteiger partial charge in [-0.05, 0) is 108 Å². The number of pyridine rings is 2. The number of hydrogen-bond acceptors (Lipinski definition) is 7. The molecule has 4 rings (SSSR count). The Morgan fingerprint density at radius 3 is 2.61 bits per heavy atom. The summed E-state index contributed by atoms with van der Waals surface area (Å²) in [5, 5.41) is 11.3. The Kier molecular flexibility index (Phi) is 10.6. The van der Waals surface area contributed by atoms with Crippen LogP contribution >= 0.6 is 0 Å². The summed E-state index contributed by atoms with van der Waals surface area (Å²) in [6, 6.07) is 11.9. The molecule has 0 amide bonds. The predicted octanol–water partition coefficient (Wildman–Crippen LogP) is 7.29. The van der Waals surface area contributed by atoms with Crippen LogP contribution in [0.1, 0.15) is 70.1 Å². The van der Waals surface area contributed by atoms with E-state index in [9.17, 15) is 0 Å². The molecule has 0 aromatic carbocycles. The number of aliphatic imine (C=N–C) groups is 1. The molecule has 0 aliphatic carbocycles. The summed E-state index contributed by atoms with van der Waals surface area (Å²) in [6.07, 6.45) is 11.8. The summed E-state index contributed by atoms with van der Waals surface area (Å²) in [5.41, 5.74) is 11.9. The van der Waals surface area contributed by atoms with Gasteiger partial charge in [0.2, 0.25) is 0 Å². The standard InChI is InChI=1S/C36H44N8/c1-9-31(32-24-26(4)42-44(32)36(6,7)8)43-23-20-28(25-43)14-12-15-30-16-13-17-35(39-30)41-34(11-3)40-33(10-2)38-27(5)29-18-21-37-22-19-29/h10,12-13,15-19,21-22,24,28,40H,1,3,14,20,23,25H2,2,4-8H3,(H,39,41)/b15-12+,33-10+,38-27?. The lowest BCUT2D eigenvalue weighted by molar-refractivity contribution is 0.344. The molecule has 228 valence electrons. The monoisotopic (exact) mass is 588 g/mol. The Balaban J connectivity index is 1.35. The highest BCUT2D eigenvalue weighted by atomic mass is 15.3. The maximum atomic E-state index is 4.77. The molecular formula is C36H44N8. The van der Waals surface area contributed by atoms with Crippen LogP contribution < -0.4 is 10.6 Å². The van der Waals surface area contributed by atoms with Crippen LogP contribution in [0.3, 0.4) is 0 Å². The molecule has 8 nitrogen and oxygen atoms in total. The Hall–Kier alpha value is -4.90. The summed E-state index contributed by atoms with van der Waals surface area (Å²) >= 11 is 0. The Morgan fingerprint density at radius 1 is 1.16 bits per heavy atom. The molecule has 1 unspecified atom stereocenters. The van der Waals surface area contributed by atoms with Gasteiger partial charge in [0.1, 0.15) is 17.3 Å². The molecule has 0 radical (unpaired) electrons. The van der Waals surface area contributed by atoms with Crippen LogP contribution in [-0.4, -0.2) is 43.4 Å². The number of nitrogens with zero attached hydrogens (tertiary/aromatic N) is 6. The zero-order chi connectivity index (χ0) is 31.7.